The molecule has 0 aliphatic carbocycles. The Kier molecular flexibility index (Phi) is 1.80. The summed E-state index contributed by atoms with van der Waals surface area (Å²) in [5.41, 5.74) is 2.67. The van der Waals surface area contributed by atoms with E-state index in [1.807, 2.05) is 0 Å². The number of ether oxygens (including phenoxy) is 1. The van der Waals surface area contributed by atoms with Gasteiger partial charge in [-0.1, -0.05) is 19.1 Å². The van der Waals surface area contributed by atoms with Gasteiger partial charge < -0.3 is 4.74 Å². The van der Waals surface area contributed by atoms with Gasteiger partial charge in [0.25, 0.3) is 0 Å². The fourth-order valence-corrected chi connectivity index (χ4v) is 1.72. The first-order chi connectivity index (χ1) is 5.81. The predicted octanol–water partition coefficient (Wildman–Crippen LogP) is 2.88. The number of benzene rings is 1. The maximum atomic E-state index is 5.58. The minimum absolute atomic E-state index is 0.626. The minimum atomic E-state index is 0.626. The van der Waals surface area contributed by atoms with Crippen molar-refractivity contribution < 1.29 is 4.74 Å². The summed E-state index contributed by atoms with van der Waals surface area (Å²) < 4.78 is 5.58. The molecule has 64 valence electrons. The molecule has 0 radical (unpaired) electrons. The second-order valence-corrected chi connectivity index (χ2v) is 3.46. The van der Waals surface area contributed by atoms with E-state index in [0.717, 1.165) is 12.4 Å². The van der Waals surface area contributed by atoms with E-state index in [0.29, 0.717) is 5.92 Å². The van der Waals surface area contributed by atoms with Crippen LogP contribution in [0.5, 0.6) is 5.75 Å². The predicted molar refractivity (Wildman–Crippen MR) is 49.7 cm³/mol. The van der Waals surface area contributed by atoms with Crippen LogP contribution in [0.25, 0.3) is 0 Å². The molecule has 1 heteroatoms. The zero-order valence-electron chi connectivity index (χ0n) is 7.63. The quantitative estimate of drug-likeness (QED) is 0.617. The third-order valence-corrected chi connectivity index (χ3v) is 2.54. The molecule has 0 bridgehead atoms. The standard InChI is InChI=1S/C11H14O/c1-3-9-7-12-11-6-8(2)4-5-10(9)11/h4-6,9H,3,7H2,1-2H3. The maximum absolute atomic E-state index is 5.58. The molecule has 1 heterocycles. The van der Waals surface area contributed by atoms with Gasteiger partial charge in [-0.3, -0.25) is 0 Å². The summed E-state index contributed by atoms with van der Waals surface area (Å²) in [6.07, 6.45) is 1.18. The average molecular weight is 162 g/mol. The molecule has 12 heavy (non-hydrogen) atoms. The lowest BCUT2D eigenvalue weighted by molar-refractivity contribution is 0.328. The van der Waals surface area contributed by atoms with Gasteiger partial charge in [0.1, 0.15) is 5.75 Å². The van der Waals surface area contributed by atoms with Crippen molar-refractivity contribution in [1.82, 2.24) is 0 Å². The normalized spacial score (nSPS) is 20.3. The van der Waals surface area contributed by atoms with Crippen molar-refractivity contribution in [1.29, 1.82) is 0 Å². The van der Waals surface area contributed by atoms with Crippen molar-refractivity contribution in [2.24, 2.45) is 0 Å². The Bertz CT molecular complexity index is 291. The van der Waals surface area contributed by atoms with Gasteiger partial charge in [0, 0.05) is 11.5 Å². The van der Waals surface area contributed by atoms with Crippen LogP contribution in [0, 0.1) is 6.92 Å². The molecule has 0 spiro atoms. The lowest BCUT2D eigenvalue weighted by Gasteiger charge is -2.03. The summed E-state index contributed by atoms with van der Waals surface area (Å²) in [5.74, 6) is 1.72. The first-order valence-electron chi connectivity index (χ1n) is 4.54. The first kappa shape index (κ1) is 7.66. The second kappa shape index (κ2) is 2.81. The van der Waals surface area contributed by atoms with Crippen molar-refractivity contribution in [3.05, 3.63) is 29.3 Å². The number of fused-ring (bicyclic) bond motifs is 1. The summed E-state index contributed by atoms with van der Waals surface area (Å²) in [6.45, 7) is 5.18. The van der Waals surface area contributed by atoms with Crippen molar-refractivity contribution in [2.45, 2.75) is 26.2 Å². The lowest BCUT2D eigenvalue weighted by Crippen LogP contribution is -1.97. The van der Waals surface area contributed by atoms with Crippen LogP contribution in [0.1, 0.15) is 30.4 Å². The molecule has 0 aromatic heterocycles. The van der Waals surface area contributed by atoms with Gasteiger partial charge in [-0.2, -0.15) is 0 Å². The van der Waals surface area contributed by atoms with E-state index in [9.17, 15) is 0 Å². The maximum Gasteiger partial charge on any atom is 0.123 e. The Balaban J connectivity index is 2.40. The Labute approximate surface area is 73.4 Å². The van der Waals surface area contributed by atoms with E-state index in [1.165, 1.54) is 17.5 Å². The number of hydrogen-bond acceptors (Lipinski definition) is 1. The fourth-order valence-electron chi connectivity index (χ4n) is 1.72. The largest absolute Gasteiger partial charge is 0.493 e. The Morgan fingerprint density at radius 1 is 1.50 bits per heavy atom. The molecule has 1 atom stereocenters. The minimum Gasteiger partial charge on any atom is -0.493 e. The molecule has 1 aliphatic heterocycles. The summed E-state index contributed by atoms with van der Waals surface area (Å²) in [5, 5.41) is 0. The molecule has 2 rings (SSSR count). The zero-order valence-corrected chi connectivity index (χ0v) is 7.63. The third-order valence-electron chi connectivity index (χ3n) is 2.54. The van der Waals surface area contributed by atoms with E-state index in [2.05, 4.69) is 32.0 Å². The molecule has 1 unspecified atom stereocenters. The average Bonchev–Trinajstić information content (AvgIpc) is 2.46. The van der Waals surface area contributed by atoms with Crippen molar-refractivity contribution >= 4 is 0 Å². The smallest absolute Gasteiger partial charge is 0.123 e. The third kappa shape index (κ3) is 1.09. The highest BCUT2D eigenvalue weighted by Gasteiger charge is 2.21. The molecule has 0 fully saturated rings. The summed E-state index contributed by atoms with van der Waals surface area (Å²) in [4.78, 5) is 0. The molecule has 1 aromatic carbocycles. The van der Waals surface area contributed by atoms with Crippen LogP contribution in [0.2, 0.25) is 0 Å². The molecule has 1 aliphatic rings. The van der Waals surface area contributed by atoms with Crippen LogP contribution >= 0.6 is 0 Å². The monoisotopic (exact) mass is 162 g/mol. The molecule has 0 amide bonds. The van der Waals surface area contributed by atoms with E-state index in [-0.39, 0.29) is 0 Å². The SMILES string of the molecule is CCC1COc2cc(C)ccc21. The molecular formula is C11H14O. The number of aryl methyl sites for hydroxylation is 1. The highest BCUT2D eigenvalue weighted by atomic mass is 16.5. The van der Waals surface area contributed by atoms with Crippen LogP contribution in [0.4, 0.5) is 0 Å². The van der Waals surface area contributed by atoms with Crippen molar-refractivity contribution in [3.8, 4) is 5.75 Å². The van der Waals surface area contributed by atoms with Crippen LogP contribution in [-0.4, -0.2) is 6.61 Å². The number of rotatable bonds is 1. The van der Waals surface area contributed by atoms with Gasteiger partial charge in [-0.25, -0.2) is 0 Å². The van der Waals surface area contributed by atoms with Crippen LogP contribution in [-0.2, 0) is 0 Å². The second-order valence-electron chi connectivity index (χ2n) is 3.46. The lowest BCUT2D eigenvalue weighted by atomic mass is 9.98. The van der Waals surface area contributed by atoms with E-state index >= 15 is 0 Å². The molecular weight excluding hydrogens is 148 g/mol. The summed E-state index contributed by atoms with van der Waals surface area (Å²) in [6, 6.07) is 6.49. The first-order valence-corrected chi connectivity index (χ1v) is 4.54. The summed E-state index contributed by atoms with van der Waals surface area (Å²) in [7, 11) is 0. The molecule has 0 saturated heterocycles. The topological polar surface area (TPSA) is 9.23 Å². The van der Waals surface area contributed by atoms with Gasteiger partial charge in [0.15, 0.2) is 0 Å². The Hall–Kier alpha value is -0.980. The summed E-state index contributed by atoms with van der Waals surface area (Å²) >= 11 is 0. The van der Waals surface area contributed by atoms with Crippen molar-refractivity contribution in [3.63, 3.8) is 0 Å². The molecule has 0 N–H and O–H groups in total. The highest BCUT2D eigenvalue weighted by molar-refractivity contribution is 5.42. The van der Waals surface area contributed by atoms with E-state index < -0.39 is 0 Å². The van der Waals surface area contributed by atoms with Crippen LogP contribution < -0.4 is 4.74 Å². The molecule has 0 saturated carbocycles. The van der Waals surface area contributed by atoms with E-state index in [1.54, 1.807) is 0 Å². The zero-order chi connectivity index (χ0) is 8.55. The Morgan fingerprint density at radius 3 is 3.08 bits per heavy atom. The van der Waals surface area contributed by atoms with Gasteiger partial charge in [0.05, 0.1) is 6.61 Å². The van der Waals surface area contributed by atoms with Gasteiger partial charge >= 0.3 is 0 Å². The van der Waals surface area contributed by atoms with Gasteiger partial charge in [-0.15, -0.1) is 0 Å². The number of hydrogen-bond donors (Lipinski definition) is 0. The Morgan fingerprint density at radius 2 is 2.33 bits per heavy atom. The van der Waals surface area contributed by atoms with Crippen LogP contribution in [0.3, 0.4) is 0 Å². The van der Waals surface area contributed by atoms with E-state index in [4.69, 9.17) is 4.74 Å². The fraction of sp³-hybridized carbons (Fsp3) is 0.455. The van der Waals surface area contributed by atoms with Gasteiger partial charge in [-0.05, 0) is 25.0 Å². The molecule has 1 aromatic rings. The molecule has 1 nitrogen and oxygen atoms in total. The van der Waals surface area contributed by atoms with Gasteiger partial charge in [0.2, 0.25) is 0 Å². The van der Waals surface area contributed by atoms with Crippen molar-refractivity contribution in [2.75, 3.05) is 6.61 Å². The van der Waals surface area contributed by atoms with Crippen LogP contribution in [0.15, 0.2) is 18.2 Å². The highest BCUT2D eigenvalue weighted by Crippen LogP contribution is 2.35.